The van der Waals surface area contributed by atoms with E-state index in [2.05, 4.69) is 0 Å². The Hall–Kier alpha value is -1.65. The van der Waals surface area contributed by atoms with E-state index in [0.717, 1.165) is 20.8 Å². The summed E-state index contributed by atoms with van der Waals surface area (Å²) in [5.41, 5.74) is -2.14. The predicted molar refractivity (Wildman–Crippen MR) is 68.6 cm³/mol. The lowest BCUT2D eigenvalue weighted by Crippen LogP contribution is -2.49. The highest BCUT2D eigenvalue weighted by atomic mass is 16.2. The third-order valence-electron chi connectivity index (χ3n) is 3.19. The van der Waals surface area contributed by atoms with Crippen LogP contribution in [0.3, 0.4) is 0 Å². The maximum absolute atomic E-state index is 12.1. The quantitative estimate of drug-likeness (QED) is 0.467. The Morgan fingerprint density at radius 3 is 1.37 bits per heavy atom. The molecule has 0 bridgehead atoms. The topological polar surface area (TPSA) is 85.3 Å². The summed E-state index contributed by atoms with van der Waals surface area (Å²) in [7, 11) is 0. The largest absolute Gasteiger partial charge is 0.300 e. The molecule has 0 aliphatic rings. The number of carbonyl (C=O) groups is 5. The summed E-state index contributed by atoms with van der Waals surface area (Å²) < 4.78 is 0. The average molecular weight is 268 g/mol. The Kier molecular flexibility index (Phi) is 6.45. The Morgan fingerprint density at radius 1 is 0.684 bits per heavy atom. The highest BCUT2D eigenvalue weighted by molar-refractivity contribution is 6.37. The molecule has 0 radical (unpaired) electrons. The molecule has 0 aliphatic heterocycles. The lowest BCUT2D eigenvalue weighted by Gasteiger charge is -2.23. The molecule has 0 aromatic carbocycles. The van der Waals surface area contributed by atoms with E-state index < -0.39 is 28.5 Å². The minimum atomic E-state index is -2.14. The van der Waals surface area contributed by atoms with Crippen LogP contribution in [0.25, 0.3) is 0 Å². The van der Waals surface area contributed by atoms with Gasteiger partial charge >= 0.3 is 0 Å². The van der Waals surface area contributed by atoms with Crippen molar-refractivity contribution in [3.05, 3.63) is 0 Å². The van der Waals surface area contributed by atoms with E-state index in [0.29, 0.717) is 19.3 Å². The molecule has 0 N–H and O–H groups in total. The molecule has 0 saturated heterocycles. The van der Waals surface area contributed by atoms with Crippen LogP contribution in [0.15, 0.2) is 0 Å². The zero-order valence-electron chi connectivity index (χ0n) is 11.9. The van der Waals surface area contributed by atoms with Crippen molar-refractivity contribution >= 4 is 28.9 Å². The van der Waals surface area contributed by atoms with E-state index >= 15 is 0 Å². The molecule has 0 fully saturated rings. The summed E-state index contributed by atoms with van der Waals surface area (Å²) in [5, 5.41) is 0. The summed E-state index contributed by atoms with van der Waals surface area (Å²) in [6.07, 6.45) is 1.19. The van der Waals surface area contributed by atoms with E-state index in [9.17, 15) is 24.0 Å². The van der Waals surface area contributed by atoms with Crippen LogP contribution in [0.2, 0.25) is 0 Å². The van der Waals surface area contributed by atoms with E-state index in [4.69, 9.17) is 0 Å². The van der Waals surface area contributed by atoms with Crippen LogP contribution in [-0.2, 0) is 24.0 Å². The highest BCUT2D eigenvalue weighted by Gasteiger charge is 2.51. The van der Waals surface area contributed by atoms with Crippen LogP contribution < -0.4 is 0 Å². The van der Waals surface area contributed by atoms with Gasteiger partial charge in [0.15, 0.2) is 23.1 Å². The lowest BCUT2D eigenvalue weighted by molar-refractivity contribution is -0.153. The molecule has 0 atom stereocenters. The van der Waals surface area contributed by atoms with Crippen molar-refractivity contribution in [1.82, 2.24) is 0 Å². The zero-order chi connectivity index (χ0) is 15.2. The second kappa shape index (κ2) is 7.07. The monoisotopic (exact) mass is 268 g/mol. The molecular formula is C14H20O5. The summed E-state index contributed by atoms with van der Waals surface area (Å²) in [4.78, 5) is 57.7. The van der Waals surface area contributed by atoms with Gasteiger partial charge in [0.25, 0.3) is 0 Å². The first-order valence-electron chi connectivity index (χ1n) is 6.23. The Morgan fingerprint density at radius 2 is 1.05 bits per heavy atom. The van der Waals surface area contributed by atoms with Crippen LogP contribution >= 0.6 is 0 Å². The number of unbranched alkanes of at least 4 members (excludes halogenated alkanes) is 1. The molecule has 0 heterocycles. The molecule has 0 aromatic heterocycles. The van der Waals surface area contributed by atoms with Crippen molar-refractivity contribution in [2.24, 2.45) is 5.41 Å². The van der Waals surface area contributed by atoms with Crippen LogP contribution in [0.4, 0.5) is 0 Å². The standard InChI is InChI=1S/C14H20O5/c1-9(15)7-5-6-8-13(19)14(10(2)16,11(3)17)12(4)18/h5-8H2,1-4H3. The van der Waals surface area contributed by atoms with Crippen molar-refractivity contribution in [3.8, 4) is 0 Å². The maximum Gasteiger partial charge on any atom is 0.202 e. The van der Waals surface area contributed by atoms with Gasteiger partial charge in [-0.3, -0.25) is 19.2 Å². The van der Waals surface area contributed by atoms with Gasteiger partial charge in [-0.25, -0.2) is 0 Å². The molecule has 0 rings (SSSR count). The van der Waals surface area contributed by atoms with Crippen molar-refractivity contribution in [1.29, 1.82) is 0 Å². The molecule has 0 spiro atoms. The molecule has 19 heavy (non-hydrogen) atoms. The summed E-state index contributed by atoms with van der Waals surface area (Å²) >= 11 is 0. The first kappa shape index (κ1) is 17.4. The minimum Gasteiger partial charge on any atom is -0.300 e. The molecule has 0 unspecified atom stereocenters. The summed E-state index contributed by atoms with van der Waals surface area (Å²) in [5.74, 6) is -2.84. The normalized spacial score (nSPS) is 10.9. The molecular weight excluding hydrogens is 248 g/mol. The second-order valence-electron chi connectivity index (χ2n) is 4.75. The first-order chi connectivity index (χ1) is 8.67. The summed E-state index contributed by atoms with van der Waals surface area (Å²) in [6.45, 7) is 4.69. The molecule has 0 saturated carbocycles. The number of rotatable bonds is 9. The molecule has 0 aromatic rings. The molecule has 0 amide bonds. The molecule has 5 heteroatoms. The van der Waals surface area contributed by atoms with Gasteiger partial charge in [-0.2, -0.15) is 0 Å². The van der Waals surface area contributed by atoms with E-state index in [1.54, 1.807) is 0 Å². The van der Waals surface area contributed by atoms with Crippen molar-refractivity contribution in [2.75, 3.05) is 0 Å². The summed E-state index contributed by atoms with van der Waals surface area (Å²) in [6, 6.07) is 0. The zero-order valence-corrected chi connectivity index (χ0v) is 11.9. The van der Waals surface area contributed by atoms with Gasteiger partial charge in [0.2, 0.25) is 5.41 Å². The number of hydrogen-bond acceptors (Lipinski definition) is 5. The van der Waals surface area contributed by atoms with Crippen LogP contribution in [0, 0.1) is 5.41 Å². The van der Waals surface area contributed by atoms with Crippen LogP contribution in [0.1, 0.15) is 53.4 Å². The van der Waals surface area contributed by atoms with Gasteiger partial charge < -0.3 is 4.79 Å². The Labute approximate surface area is 112 Å². The second-order valence-corrected chi connectivity index (χ2v) is 4.75. The number of carbonyl (C=O) groups excluding carboxylic acids is 5. The number of Topliss-reactive ketones (excluding diaryl/α,β-unsaturated/α-hetero) is 5. The van der Waals surface area contributed by atoms with Gasteiger partial charge in [-0.15, -0.1) is 0 Å². The predicted octanol–water partition coefficient (Wildman–Crippen LogP) is 1.46. The van der Waals surface area contributed by atoms with Gasteiger partial charge in [-0.1, -0.05) is 0 Å². The van der Waals surface area contributed by atoms with Crippen LogP contribution in [-0.4, -0.2) is 28.9 Å². The van der Waals surface area contributed by atoms with Crippen LogP contribution in [0.5, 0.6) is 0 Å². The van der Waals surface area contributed by atoms with Crippen molar-refractivity contribution < 1.29 is 24.0 Å². The molecule has 106 valence electrons. The first-order valence-corrected chi connectivity index (χ1v) is 6.23. The van der Waals surface area contributed by atoms with Crippen molar-refractivity contribution in [2.45, 2.75) is 53.4 Å². The minimum absolute atomic E-state index is 0.0171. The van der Waals surface area contributed by atoms with E-state index in [1.165, 1.54) is 6.92 Å². The SMILES string of the molecule is CC(=O)CCCCC(=O)C(C(C)=O)(C(C)=O)C(C)=O. The highest BCUT2D eigenvalue weighted by Crippen LogP contribution is 2.26. The third-order valence-corrected chi connectivity index (χ3v) is 3.19. The number of hydrogen-bond donors (Lipinski definition) is 0. The fraction of sp³-hybridized carbons (Fsp3) is 0.643. The van der Waals surface area contributed by atoms with Gasteiger partial charge in [-0.05, 0) is 40.5 Å². The fourth-order valence-electron chi connectivity index (χ4n) is 2.18. The third kappa shape index (κ3) is 3.91. The fourth-order valence-corrected chi connectivity index (χ4v) is 2.18. The average Bonchev–Trinajstić information content (AvgIpc) is 2.23. The number of ketones is 5. The van der Waals surface area contributed by atoms with Gasteiger partial charge in [0.05, 0.1) is 0 Å². The van der Waals surface area contributed by atoms with Gasteiger partial charge in [0.1, 0.15) is 5.78 Å². The maximum atomic E-state index is 12.1. The smallest absolute Gasteiger partial charge is 0.202 e. The van der Waals surface area contributed by atoms with Crippen molar-refractivity contribution in [3.63, 3.8) is 0 Å². The van der Waals surface area contributed by atoms with Gasteiger partial charge in [0, 0.05) is 12.8 Å². The lowest BCUT2D eigenvalue weighted by atomic mass is 9.72. The van der Waals surface area contributed by atoms with E-state index in [1.807, 2.05) is 0 Å². The van der Waals surface area contributed by atoms with E-state index in [-0.39, 0.29) is 12.2 Å². The molecule has 5 nitrogen and oxygen atoms in total. The molecule has 0 aliphatic carbocycles. The Balaban J connectivity index is 4.94. The Bertz CT molecular complexity index is 384.